The number of carbonyl (C=O) groups is 2. The van der Waals surface area contributed by atoms with Crippen molar-refractivity contribution in [3.8, 4) is 5.75 Å². The minimum absolute atomic E-state index is 0.0662. The molecule has 0 N–H and O–H groups in total. The standard InChI is InChI=1S/C26H38FN3O3/c1-20-9-14-28(15-10-20)19-26(32)30-16-11-24(33-23-7-5-22(27)6-8-23)21(18-30)17-25(31)29-12-3-2-4-13-29/h5-8,20-21,24H,2-4,9-19H2,1H3/t21-,24-/m0/s1. The Hall–Kier alpha value is -2.15. The van der Waals surface area contributed by atoms with E-state index in [1.807, 2.05) is 9.80 Å². The molecule has 6 nitrogen and oxygen atoms in total. The molecule has 4 rings (SSSR count). The van der Waals surface area contributed by atoms with E-state index < -0.39 is 0 Å². The van der Waals surface area contributed by atoms with Crippen molar-refractivity contribution in [3.05, 3.63) is 30.1 Å². The van der Waals surface area contributed by atoms with Gasteiger partial charge in [-0.25, -0.2) is 4.39 Å². The summed E-state index contributed by atoms with van der Waals surface area (Å²) in [6, 6.07) is 6.05. The van der Waals surface area contributed by atoms with Crippen molar-refractivity contribution in [2.75, 3.05) is 45.8 Å². The van der Waals surface area contributed by atoms with Crippen LogP contribution in [0.5, 0.6) is 5.75 Å². The number of carbonyl (C=O) groups excluding carboxylic acids is 2. The van der Waals surface area contributed by atoms with E-state index in [1.165, 1.54) is 18.6 Å². The maximum atomic E-state index is 13.3. The zero-order chi connectivity index (χ0) is 23.2. The van der Waals surface area contributed by atoms with Gasteiger partial charge in [-0.2, -0.15) is 0 Å². The largest absolute Gasteiger partial charge is 0.490 e. The van der Waals surface area contributed by atoms with Gasteiger partial charge in [0, 0.05) is 44.9 Å². The molecule has 0 spiro atoms. The van der Waals surface area contributed by atoms with Crippen molar-refractivity contribution < 1.29 is 18.7 Å². The monoisotopic (exact) mass is 459 g/mol. The van der Waals surface area contributed by atoms with E-state index in [4.69, 9.17) is 4.74 Å². The summed E-state index contributed by atoms with van der Waals surface area (Å²) in [6.07, 6.45) is 6.50. The van der Waals surface area contributed by atoms with Gasteiger partial charge < -0.3 is 14.5 Å². The number of benzene rings is 1. The van der Waals surface area contributed by atoms with E-state index in [0.717, 1.165) is 57.8 Å². The molecule has 3 heterocycles. The molecule has 2 atom stereocenters. The van der Waals surface area contributed by atoms with Crippen molar-refractivity contribution in [2.24, 2.45) is 11.8 Å². The Balaban J connectivity index is 1.39. The fourth-order valence-electron chi connectivity index (χ4n) is 5.28. The van der Waals surface area contributed by atoms with E-state index in [2.05, 4.69) is 11.8 Å². The molecule has 0 bridgehead atoms. The van der Waals surface area contributed by atoms with Gasteiger partial charge in [0.15, 0.2) is 0 Å². The Kier molecular flexibility index (Phi) is 8.23. The molecule has 3 aliphatic heterocycles. The summed E-state index contributed by atoms with van der Waals surface area (Å²) in [7, 11) is 0. The Labute approximate surface area is 197 Å². The molecular weight excluding hydrogens is 421 g/mol. The maximum absolute atomic E-state index is 13.3. The van der Waals surface area contributed by atoms with Crippen LogP contribution in [0.3, 0.4) is 0 Å². The van der Waals surface area contributed by atoms with Gasteiger partial charge in [-0.3, -0.25) is 14.5 Å². The van der Waals surface area contributed by atoms with Gasteiger partial charge in [0.1, 0.15) is 17.7 Å². The van der Waals surface area contributed by atoms with Crippen LogP contribution in [-0.2, 0) is 9.59 Å². The molecule has 33 heavy (non-hydrogen) atoms. The molecule has 1 aromatic carbocycles. The highest BCUT2D eigenvalue weighted by molar-refractivity contribution is 5.79. The Bertz CT molecular complexity index is 788. The first-order chi connectivity index (χ1) is 16.0. The van der Waals surface area contributed by atoms with E-state index in [1.54, 1.807) is 12.1 Å². The van der Waals surface area contributed by atoms with Crippen molar-refractivity contribution >= 4 is 11.8 Å². The first-order valence-electron chi connectivity index (χ1n) is 12.7. The van der Waals surface area contributed by atoms with Crippen LogP contribution in [0, 0.1) is 17.7 Å². The number of amides is 2. The molecule has 3 fully saturated rings. The third-order valence-corrected chi connectivity index (χ3v) is 7.50. The van der Waals surface area contributed by atoms with Gasteiger partial charge in [0.25, 0.3) is 0 Å². The third kappa shape index (κ3) is 6.69. The molecule has 0 aromatic heterocycles. The van der Waals surface area contributed by atoms with Gasteiger partial charge >= 0.3 is 0 Å². The van der Waals surface area contributed by atoms with Crippen LogP contribution < -0.4 is 4.74 Å². The molecule has 0 aliphatic carbocycles. The first kappa shape index (κ1) is 24.0. The van der Waals surface area contributed by atoms with Gasteiger partial charge in [-0.1, -0.05) is 6.92 Å². The van der Waals surface area contributed by atoms with E-state index in [-0.39, 0.29) is 29.7 Å². The lowest BCUT2D eigenvalue weighted by Crippen LogP contribution is -2.52. The zero-order valence-electron chi connectivity index (χ0n) is 19.9. The van der Waals surface area contributed by atoms with E-state index in [9.17, 15) is 14.0 Å². The Morgan fingerprint density at radius 1 is 0.909 bits per heavy atom. The lowest BCUT2D eigenvalue weighted by molar-refractivity contribution is -0.140. The molecule has 0 unspecified atom stereocenters. The number of hydrogen-bond acceptors (Lipinski definition) is 4. The summed E-state index contributed by atoms with van der Waals surface area (Å²) < 4.78 is 19.5. The summed E-state index contributed by atoms with van der Waals surface area (Å²) in [5.74, 6) is 1.29. The number of ether oxygens (including phenoxy) is 1. The molecule has 0 saturated carbocycles. The number of rotatable bonds is 6. The van der Waals surface area contributed by atoms with Crippen LogP contribution >= 0.6 is 0 Å². The average Bonchev–Trinajstić information content (AvgIpc) is 2.83. The van der Waals surface area contributed by atoms with Gasteiger partial charge in [-0.15, -0.1) is 0 Å². The number of piperidine rings is 3. The van der Waals surface area contributed by atoms with Crippen LogP contribution in [0.25, 0.3) is 0 Å². The van der Waals surface area contributed by atoms with Gasteiger partial charge in [0.05, 0.1) is 6.54 Å². The molecule has 7 heteroatoms. The topological polar surface area (TPSA) is 53.1 Å². The zero-order valence-corrected chi connectivity index (χ0v) is 19.9. The highest BCUT2D eigenvalue weighted by Crippen LogP contribution is 2.27. The van der Waals surface area contributed by atoms with Crippen molar-refractivity contribution in [1.29, 1.82) is 0 Å². The second-order valence-electron chi connectivity index (χ2n) is 10.1. The lowest BCUT2D eigenvalue weighted by Gasteiger charge is -2.40. The third-order valence-electron chi connectivity index (χ3n) is 7.50. The number of halogens is 1. The van der Waals surface area contributed by atoms with Crippen LogP contribution in [0.2, 0.25) is 0 Å². The van der Waals surface area contributed by atoms with Crippen molar-refractivity contribution in [1.82, 2.24) is 14.7 Å². The van der Waals surface area contributed by atoms with Crippen LogP contribution in [0.4, 0.5) is 4.39 Å². The highest BCUT2D eigenvalue weighted by Gasteiger charge is 2.36. The molecule has 0 radical (unpaired) electrons. The summed E-state index contributed by atoms with van der Waals surface area (Å²) in [5, 5.41) is 0. The smallest absolute Gasteiger partial charge is 0.236 e. The first-order valence-corrected chi connectivity index (χ1v) is 12.7. The fraction of sp³-hybridized carbons (Fsp3) is 0.692. The minimum atomic E-state index is -0.299. The van der Waals surface area contributed by atoms with Gasteiger partial charge in [-0.05, 0) is 75.4 Å². The van der Waals surface area contributed by atoms with E-state index in [0.29, 0.717) is 38.2 Å². The number of likely N-dealkylation sites (tertiary alicyclic amines) is 3. The average molecular weight is 460 g/mol. The normalized spacial score (nSPS) is 25.2. The lowest BCUT2D eigenvalue weighted by atomic mass is 9.90. The molecule has 2 amide bonds. The predicted molar refractivity (Wildman–Crippen MR) is 125 cm³/mol. The van der Waals surface area contributed by atoms with Crippen molar-refractivity contribution in [3.63, 3.8) is 0 Å². The minimum Gasteiger partial charge on any atom is -0.490 e. The molecule has 3 aliphatic rings. The van der Waals surface area contributed by atoms with Crippen LogP contribution in [-0.4, -0.2) is 78.4 Å². The summed E-state index contributed by atoms with van der Waals surface area (Å²) in [4.78, 5) is 32.3. The van der Waals surface area contributed by atoms with Crippen LogP contribution in [0.1, 0.15) is 51.9 Å². The quantitative estimate of drug-likeness (QED) is 0.653. The SMILES string of the molecule is CC1CCN(CC(=O)N2CC[C@H](Oc3ccc(F)cc3)[C@@H](CC(=O)N3CCCCC3)C2)CC1. The summed E-state index contributed by atoms with van der Waals surface area (Å²) >= 11 is 0. The highest BCUT2D eigenvalue weighted by atomic mass is 19.1. The fourth-order valence-corrected chi connectivity index (χ4v) is 5.28. The second-order valence-corrected chi connectivity index (χ2v) is 10.1. The number of hydrogen-bond donors (Lipinski definition) is 0. The van der Waals surface area contributed by atoms with Crippen LogP contribution in [0.15, 0.2) is 24.3 Å². The summed E-state index contributed by atoms with van der Waals surface area (Å²) in [6.45, 7) is 7.51. The second kappa shape index (κ2) is 11.3. The van der Waals surface area contributed by atoms with E-state index >= 15 is 0 Å². The molecule has 1 aromatic rings. The Morgan fingerprint density at radius 2 is 1.61 bits per heavy atom. The molecule has 3 saturated heterocycles. The maximum Gasteiger partial charge on any atom is 0.236 e. The molecule has 182 valence electrons. The summed E-state index contributed by atoms with van der Waals surface area (Å²) in [5.41, 5.74) is 0. The van der Waals surface area contributed by atoms with Gasteiger partial charge in [0.2, 0.25) is 11.8 Å². The molecular formula is C26H38FN3O3. The van der Waals surface area contributed by atoms with Crippen molar-refractivity contribution in [2.45, 2.75) is 58.0 Å². The Morgan fingerprint density at radius 3 is 2.30 bits per heavy atom. The number of nitrogens with zero attached hydrogens (tertiary/aromatic N) is 3. The predicted octanol–water partition coefficient (Wildman–Crippen LogP) is 3.56.